The summed E-state index contributed by atoms with van der Waals surface area (Å²) in [4.78, 5) is 16.5. The second-order valence-electron chi connectivity index (χ2n) is 3.58. The molecule has 1 unspecified atom stereocenters. The van der Waals surface area contributed by atoms with Crippen LogP contribution in [0, 0.1) is 5.92 Å². The summed E-state index contributed by atoms with van der Waals surface area (Å²) in [6.45, 7) is 1.96. The van der Waals surface area contributed by atoms with Crippen LogP contribution in [0.2, 0.25) is 10.0 Å². The summed E-state index contributed by atoms with van der Waals surface area (Å²) in [6, 6.07) is 1.58. The van der Waals surface area contributed by atoms with Gasteiger partial charge in [-0.15, -0.1) is 0 Å². The van der Waals surface area contributed by atoms with Gasteiger partial charge in [0.15, 0.2) is 0 Å². The molecule has 0 aromatic carbocycles. The van der Waals surface area contributed by atoms with E-state index >= 15 is 0 Å². The van der Waals surface area contributed by atoms with E-state index < -0.39 is 11.9 Å². The lowest BCUT2D eigenvalue weighted by molar-refractivity contribution is -0.140. The van der Waals surface area contributed by atoms with Crippen molar-refractivity contribution < 1.29 is 9.90 Å². The van der Waals surface area contributed by atoms with E-state index in [9.17, 15) is 4.79 Å². The van der Waals surface area contributed by atoms with Crippen LogP contribution in [0.15, 0.2) is 12.3 Å². The predicted molar refractivity (Wildman–Crippen MR) is 64.3 cm³/mol. The summed E-state index contributed by atoms with van der Waals surface area (Å²) in [5.74, 6) is -0.811. The average molecular weight is 263 g/mol. The Hall–Kier alpha value is -1.00. The van der Waals surface area contributed by atoms with Crippen molar-refractivity contribution in [1.29, 1.82) is 0 Å². The molecule has 0 amide bonds. The van der Waals surface area contributed by atoms with Crippen molar-refractivity contribution in [3.63, 3.8) is 0 Å². The molecule has 0 radical (unpaired) electrons. The number of halogens is 2. The molecule has 1 heterocycles. The van der Waals surface area contributed by atoms with Crippen LogP contribution in [0.3, 0.4) is 0 Å². The minimum absolute atomic E-state index is 0.337. The maximum atomic E-state index is 10.7. The number of aliphatic carboxylic acids is 1. The Kier molecular flexibility index (Phi) is 4.38. The van der Waals surface area contributed by atoms with E-state index in [1.54, 1.807) is 24.9 Å². The van der Waals surface area contributed by atoms with E-state index in [0.717, 1.165) is 0 Å². The van der Waals surface area contributed by atoms with Crippen molar-refractivity contribution in [1.82, 2.24) is 4.98 Å². The maximum Gasteiger partial charge on any atom is 0.308 e. The number of carbonyl (C=O) groups is 1. The molecule has 6 heteroatoms. The Balaban J connectivity index is 2.80. The lowest BCUT2D eigenvalue weighted by atomic mass is 10.2. The number of hydrogen-bond donors (Lipinski definition) is 1. The van der Waals surface area contributed by atoms with Gasteiger partial charge in [0.2, 0.25) is 0 Å². The van der Waals surface area contributed by atoms with Gasteiger partial charge in [-0.1, -0.05) is 30.1 Å². The first-order valence-electron chi connectivity index (χ1n) is 4.66. The van der Waals surface area contributed by atoms with Gasteiger partial charge in [0.25, 0.3) is 0 Å². The molecule has 16 heavy (non-hydrogen) atoms. The fraction of sp³-hybridized carbons (Fsp3) is 0.400. The molecule has 1 N–H and O–H groups in total. The molecular formula is C10H12Cl2N2O2. The average Bonchev–Trinajstić information content (AvgIpc) is 2.16. The normalized spacial score (nSPS) is 12.2. The first-order valence-corrected chi connectivity index (χ1v) is 5.42. The van der Waals surface area contributed by atoms with Crippen LogP contribution in [0.5, 0.6) is 0 Å². The van der Waals surface area contributed by atoms with Gasteiger partial charge >= 0.3 is 5.97 Å². The summed E-state index contributed by atoms with van der Waals surface area (Å²) in [5.41, 5.74) is 0. The number of rotatable bonds is 4. The molecule has 1 aromatic heterocycles. The second kappa shape index (κ2) is 5.37. The Morgan fingerprint density at radius 3 is 2.75 bits per heavy atom. The third-order valence-electron chi connectivity index (χ3n) is 2.12. The van der Waals surface area contributed by atoms with E-state index in [4.69, 9.17) is 28.3 Å². The van der Waals surface area contributed by atoms with Crippen molar-refractivity contribution in [2.24, 2.45) is 5.92 Å². The van der Waals surface area contributed by atoms with Crippen molar-refractivity contribution in [3.8, 4) is 0 Å². The molecule has 0 bridgehead atoms. The highest BCUT2D eigenvalue weighted by Gasteiger charge is 2.16. The van der Waals surface area contributed by atoms with Crippen molar-refractivity contribution >= 4 is 35.0 Å². The summed E-state index contributed by atoms with van der Waals surface area (Å²) in [6.07, 6.45) is 1.48. The van der Waals surface area contributed by atoms with Crippen LogP contribution < -0.4 is 4.90 Å². The molecule has 0 saturated heterocycles. The first-order chi connectivity index (χ1) is 7.41. The van der Waals surface area contributed by atoms with Gasteiger partial charge < -0.3 is 10.0 Å². The number of nitrogens with zero attached hydrogens (tertiary/aromatic N) is 2. The van der Waals surface area contributed by atoms with E-state index in [1.807, 2.05) is 0 Å². The van der Waals surface area contributed by atoms with Crippen LogP contribution in [0.25, 0.3) is 0 Å². The summed E-state index contributed by atoms with van der Waals surface area (Å²) in [5, 5.41) is 9.65. The monoisotopic (exact) mass is 262 g/mol. The Bertz CT molecular complexity index is 398. The topological polar surface area (TPSA) is 53.4 Å². The molecule has 1 aromatic rings. The maximum absolute atomic E-state index is 10.7. The van der Waals surface area contributed by atoms with Crippen LogP contribution in [-0.2, 0) is 4.79 Å². The highest BCUT2D eigenvalue weighted by atomic mass is 35.5. The lowest BCUT2D eigenvalue weighted by Crippen LogP contribution is -2.29. The van der Waals surface area contributed by atoms with Crippen molar-refractivity contribution in [2.75, 3.05) is 18.5 Å². The third kappa shape index (κ3) is 3.25. The van der Waals surface area contributed by atoms with Gasteiger partial charge in [0.1, 0.15) is 5.82 Å². The lowest BCUT2D eigenvalue weighted by Gasteiger charge is -2.21. The van der Waals surface area contributed by atoms with Crippen molar-refractivity contribution in [3.05, 3.63) is 22.3 Å². The zero-order chi connectivity index (χ0) is 12.3. The zero-order valence-corrected chi connectivity index (χ0v) is 10.5. The molecule has 0 aliphatic rings. The van der Waals surface area contributed by atoms with Gasteiger partial charge in [0.05, 0.1) is 16.0 Å². The molecule has 0 aliphatic carbocycles. The van der Waals surface area contributed by atoms with Gasteiger partial charge in [-0.3, -0.25) is 4.79 Å². The van der Waals surface area contributed by atoms with E-state index in [0.29, 0.717) is 22.4 Å². The van der Waals surface area contributed by atoms with Crippen LogP contribution in [0.1, 0.15) is 6.92 Å². The highest BCUT2D eigenvalue weighted by Crippen LogP contribution is 2.25. The molecule has 0 saturated carbocycles. The van der Waals surface area contributed by atoms with E-state index in [-0.39, 0.29) is 0 Å². The SMILES string of the molecule is CC(CN(C)c1ncc(Cl)cc1Cl)C(=O)O. The van der Waals surface area contributed by atoms with Gasteiger partial charge in [-0.25, -0.2) is 4.98 Å². The van der Waals surface area contributed by atoms with Crippen molar-refractivity contribution in [2.45, 2.75) is 6.92 Å². The number of carboxylic acid groups (broad SMARTS) is 1. The summed E-state index contributed by atoms with van der Waals surface area (Å²) >= 11 is 11.7. The van der Waals surface area contributed by atoms with Gasteiger partial charge in [0, 0.05) is 19.8 Å². The minimum Gasteiger partial charge on any atom is -0.481 e. The molecule has 88 valence electrons. The summed E-state index contributed by atoms with van der Waals surface area (Å²) in [7, 11) is 1.74. The van der Waals surface area contributed by atoms with Gasteiger partial charge in [-0.05, 0) is 6.07 Å². The molecular weight excluding hydrogens is 251 g/mol. The second-order valence-corrected chi connectivity index (χ2v) is 4.42. The van der Waals surface area contributed by atoms with Crippen LogP contribution in [0.4, 0.5) is 5.82 Å². The fourth-order valence-electron chi connectivity index (χ4n) is 1.26. The number of carboxylic acids is 1. The zero-order valence-electron chi connectivity index (χ0n) is 8.94. The van der Waals surface area contributed by atoms with E-state index in [1.165, 1.54) is 6.20 Å². The predicted octanol–water partition coefficient (Wildman–Crippen LogP) is 2.55. The first kappa shape index (κ1) is 13.1. The standard InChI is InChI=1S/C10H12Cl2N2O2/c1-6(10(15)16)5-14(2)9-8(12)3-7(11)4-13-9/h3-4,6H,5H2,1-2H3,(H,15,16). The number of anilines is 1. The molecule has 1 rings (SSSR count). The Labute approximate surface area is 104 Å². The Morgan fingerprint density at radius 1 is 1.62 bits per heavy atom. The molecule has 1 atom stereocenters. The fourth-order valence-corrected chi connectivity index (χ4v) is 1.79. The quantitative estimate of drug-likeness (QED) is 0.906. The summed E-state index contributed by atoms with van der Waals surface area (Å²) < 4.78 is 0. The number of aromatic nitrogens is 1. The smallest absolute Gasteiger partial charge is 0.308 e. The molecule has 0 fully saturated rings. The minimum atomic E-state index is -0.850. The van der Waals surface area contributed by atoms with Gasteiger partial charge in [-0.2, -0.15) is 0 Å². The van der Waals surface area contributed by atoms with E-state index in [2.05, 4.69) is 4.98 Å². The number of pyridine rings is 1. The van der Waals surface area contributed by atoms with Crippen LogP contribution in [-0.4, -0.2) is 29.7 Å². The molecule has 0 spiro atoms. The molecule has 4 nitrogen and oxygen atoms in total. The largest absolute Gasteiger partial charge is 0.481 e. The Morgan fingerprint density at radius 2 is 2.25 bits per heavy atom. The molecule has 0 aliphatic heterocycles. The number of hydrogen-bond acceptors (Lipinski definition) is 3. The van der Waals surface area contributed by atoms with Crippen LogP contribution >= 0.6 is 23.2 Å². The third-order valence-corrected chi connectivity index (χ3v) is 2.60. The highest BCUT2D eigenvalue weighted by molar-refractivity contribution is 6.35.